The fourth-order valence-electron chi connectivity index (χ4n) is 3.17. The highest BCUT2D eigenvalue weighted by Crippen LogP contribution is 2.25. The van der Waals surface area contributed by atoms with E-state index in [1.807, 2.05) is 42.6 Å². The van der Waals surface area contributed by atoms with Crippen LogP contribution in [0.15, 0.2) is 53.9 Å². The molecule has 0 saturated carbocycles. The number of thiophene rings is 1. The molecular formula is C22H20N4O3S. The Balaban J connectivity index is 1.72. The summed E-state index contributed by atoms with van der Waals surface area (Å²) in [6.07, 6.45) is 0. The number of aromatic nitrogens is 2. The highest BCUT2D eigenvalue weighted by Gasteiger charge is 2.18. The number of H-pyrrole nitrogens is 1. The van der Waals surface area contributed by atoms with Gasteiger partial charge in [0.2, 0.25) is 0 Å². The Morgan fingerprint density at radius 2 is 1.87 bits per heavy atom. The lowest BCUT2D eigenvalue weighted by Crippen LogP contribution is -2.15. The molecule has 2 heterocycles. The van der Waals surface area contributed by atoms with Crippen LogP contribution in [-0.2, 0) is 11.3 Å². The largest absolute Gasteiger partial charge is 0.377 e. The van der Waals surface area contributed by atoms with Gasteiger partial charge >= 0.3 is 0 Å². The Morgan fingerprint density at radius 3 is 2.60 bits per heavy atom. The van der Waals surface area contributed by atoms with E-state index in [1.165, 1.54) is 11.3 Å². The van der Waals surface area contributed by atoms with E-state index in [0.717, 1.165) is 10.6 Å². The van der Waals surface area contributed by atoms with Gasteiger partial charge in [-0.05, 0) is 48.2 Å². The molecule has 0 unspecified atom stereocenters. The number of anilines is 2. The standard InChI is InChI=1S/C22H20N4O3S/c1-13-6-3-4-7-15(13)21(27)23-14-10-16(22(28)26-19-8-5-9-30-19)20-17(11-14)24-18(25-20)12-29-2/h3-11H,12H2,1-2H3,(H,23,27)(H,24,25)(H,26,28). The van der Waals surface area contributed by atoms with E-state index in [1.54, 1.807) is 25.3 Å². The number of amides is 2. The normalized spacial score (nSPS) is 10.9. The predicted molar refractivity (Wildman–Crippen MR) is 118 cm³/mol. The number of nitrogens with zero attached hydrogens (tertiary/aromatic N) is 1. The van der Waals surface area contributed by atoms with Gasteiger partial charge in [0.15, 0.2) is 0 Å². The molecule has 30 heavy (non-hydrogen) atoms. The number of nitrogens with one attached hydrogen (secondary N) is 3. The van der Waals surface area contributed by atoms with Crippen molar-refractivity contribution < 1.29 is 14.3 Å². The van der Waals surface area contributed by atoms with Crippen molar-refractivity contribution in [3.8, 4) is 0 Å². The van der Waals surface area contributed by atoms with Crippen LogP contribution in [0.3, 0.4) is 0 Å². The van der Waals surface area contributed by atoms with Crippen LogP contribution in [0.5, 0.6) is 0 Å². The SMILES string of the molecule is COCc1nc2c(C(=O)Nc3cccs3)cc(NC(=O)c3ccccc3C)cc2[nH]1. The van der Waals surface area contributed by atoms with Crippen LogP contribution in [0.4, 0.5) is 10.7 Å². The van der Waals surface area contributed by atoms with Crippen LogP contribution in [0.25, 0.3) is 11.0 Å². The lowest BCUT2D eigenvalue weighted by atomic mass is 10.1. The minimum Gasteiger partial charge on any atom is -0.377 e. The average molecular weight is 420 g/mol. The molecule has 7 nitrogen and oxygen atoms in total. The Hall–Kier alpha value is -3.49. The number of aryl methyl sites for hydroxylation is 1. The van der Waals surface area contributed by atoms with Crippen LogP contribution in [0.2, 0.25) is 0 Å². The Morgan fingerprint density at radius 1 is 1.07 bits per heavy atom. The van der Waals surface area contributed by atoms with Crippen molar-refractivity contribution >= 4 is 44.9 Å². The molecule has 3 N–H and O–H groups in total. The van der Waals surface area contributed by atoms with Gasteiger partial charge in [-0.1, -0.05) is 18.2 Å². The van der Waals surface area contributed by atoms with E-state index in [0.29, 0.717) is 33.7 Å². The molecule has 0 radical (unpaired) electrons. The van der Waals surface area contributed by atoms with Crippen molar-refractivity contribution in [3.05, 3.63) is 76.4 Å². The third kappa shape index (κ3) is 4.10. The molecule has 0 spiro atoms. The van der Waals surface area contributed by atoms with Crippen LogP contribution in [-0.4, -0.2) is 28.9 Å². The van der Waals surface area contributed by atoms with Crippen molar-refractivity contribution in [3.63, 3.8) is 0 Å². The summed E-state index contributed by atoms with van der Waals surface area (Å²) >= 11 is 1.43. The molecule has 0 aliphatic heterocycles. The number of fused-ring (bicyclic) bond motifs is 1. The number of imidazole rings is 1. The van der Waals surface area contributed by atoms with E-state index < -0.39 is 0 Å². The lowest BCUT2D eigenvalue weighted by molar-refractivity contribution is 0.101. The van der Waals surface area contributed by atoms with Gasteiger partial charge in [0.05, 0.1) is 16.1 Å². The molecule has 2 amide bonds. The molecule has 4 rings (SSSR count). The number of hydrogen-bond acceptors (Lipinski definition) is 5. The second-order valence-electron chi connectivity index (χ2n) is 6.74. The molecule has 0 fully saturated rings. The first-order chi connectivity index (χ1) is 14.5. The number of ether oxygens (including phenoxy) is 1. The summed E-state index contributed by atoms with van der Waals surface area (Å²) in [5, 5.41) is 8.38. The Labute approximate surface area is 177 Å². The van der Waals surface area contributed by atoms with E-state index in [-0.39, 0.29) is 18.4 Å². The van der Waals surface area contributed by atoms with Gasteiger partial charge in [-0.15, -0.1) is 11.3 Å². The molecular weight excluding hydrogens is 400 g/mol. The molecule has 0 aliphatic rings. The van der Waals surface area contributed by atoms with Gasteiger partial charge in [-0.2, -0.15) is 0 Å². The first kappa shape index (κ1) is 19.8. The minimum absolute atomic E-state index is 0.242. The van der Waals surface area contributed by atoms with Crippen molar-refractivity contribution in [2.24, 2.45) is 0 Å². The topological polar surface area (TPSA) is 96.1 Å². The highest BCUT2D eigenvalue weighted by molar-refractivity contribution is 7.14. The minimum atomic E-state index is -0.301. The summed E-state index contributed by atoms with van der Waals surface area (Å²) in [5.74, 6) is 0.0543. The molecule has 4 aromatic rings. The molecule has 2 aromatic heterocycles. The summed E-state index contributed by atoms with van der Waals surface area (Å²) in [5.41, 5.74) is 3.47. The van der Waals surface area contributed by atoms with E-state index >= 15 is 0 Å². The molecule has 0 bridgehead atoms. The van der Waals surface area contributed by atoms with E-state index in [4.69, 9.17) is 4.74 Å². The molecule has 2 aromatic carbocycles. The molecule has 0 aliphatic carbocycles. The molecule has 0 atom stereocenters. The summed E-state index contributed by atoms with van der Waals surface area (Å²) < 4.78 is 5.15. The Bertz CT molecular complexity index is 1210. The number of methoxy groups -OCH3 is 1. The first-order valence-electron chi connectivity index (χ1n) is 9.28. The van der Waals surface area contributed by atoms with E-state index in [2.05, 4.69) is 20.6 Å². The Kier molecular flexibility index (Phi) is 5.60. The first-order valence-corrected chi connectivity index (χ1v) is 10.2. The highest BCUT2D eigenvalue weighted by atomic mass is 32.1. The third-order valence-corrected chi connectivity index (χ3v) is 5.35. The van der Waals surface area contributed by atoms with Crippen molar-refractivity contribution in [2.75, 3.05) is 17.7 Å². The van der Waals surface area contributed by atoms with Gasteiger partial charge in [0.1, 0.15) is 17.9 Å². The van der Waals surface area contributed by atoms with Gasteiger partial charge in [0.25, 0.3) is 11.8 Å². The summed E-state index contributed by atoms with van der Waals surface area (Å²) in [4.78, 5) is 33.4. The van der Waals surface area contributed by atoms with Crippen molar-refractivity contribution in [1.82, 2.24) is 9.97 Å². The zero-order chi connectivity index (χ0) is 21.1. The maximum Gasteiger partial charge on any atom is 0.258 e. The maximum atomic E-state index is 13.0. The summed E-state index contributed by atoms with van der Waals surface area (Å²) in [7, 11) is 1.57. The van der Waals surface area contributed by atoms with Crippen LogP contribution < -0.4 is 10.6 Å². The van der Waals surface area contributed by atoms with Crippen LogP contribution in [0.1, 0.15) is 32.1 Å². The number of rotatable bonds is 6. The maximum absolute atomic E-state index is 13.0. The smallest absolute Gasteiger partial charge is 0.258 e. The number of benzene rings is 2. The average Bonchev–Trinajstić information content (AvgIpc) is 3.37. The van der Waals surface area contributed by atoms with Crippen LogP contribution >= 0.6 is 11.3 Å². The van der Waals surface area contributed by atoms with Gasteiger partial charge in [-0.25, -0.2) is 4.98 Å². The fourth-order valence-corrected chi connectivity index (χ4v) is 3.79. The molecule has 8 heteroatoms. The second kappa shape index (κ2) is 8.48. The zero-order valence-corrected chi connectivity index (χ0v) is 17.3. The van der Waals surface area contributed by atoms with Crippen molar-refractivity contribution in [1.29, 1.82) is 0 Å². The molecule has 0 saturated heterocycles. The van der Waals surface area contributed by atoms with Gasteiger partial charge in [0, 0.05) is 18.4 Å². The summed E-state index contributed by atoms with van der Waals surface area (Å²) in [6.45, 7) is 2.16. The lowest BCUT2D eigenvalue weighted by Gasteiger charge is -2.10. The van der Waals surface area contributed by atoms with Gasteiger partial charge in [-0.3, -0.25) is 9.59 Å². The number of carbonyl (C=O) groups is 2. The van der Waals surface area contributed by atoms with Crippen LogP contribution in [0, 0.1) is 6.92 Å². The van der Waals surface area contributed by atoms with E-state index in [9.17, 15) is 9.59 Å². The number of hydrogen-bond donors (Lipinski definition) is 3. The fraction of sp³-hybridized carbons (Fsp3) is 0.136. The predicted octanol–water partition coefficient (Wildman–Crippen LogP) is 4.58. The second-order valence-corrected chi connectivity index (χ2v) is 7.68. The van der Waals surface area contributed by atoms with Gasteiger partial charge < -0.3 is 20.4 Å². The number of aromatic amines is 1. The third-order valence-electron chi connectivity index (χ3n) is 4.57. The molecule has 152 valence electrons. The van der Waals surface area contributed by atoms with Crippen molar-refractivity contribution in [2.45, 2.75) is 13.5 Å². The number of carbonyl (C=O) groups excluding carboxylic acids is 2. The monoisotopic (exact) mass is 420 g/mol. The quantitative estimate of drug-likeness (QED) is 0.425. The summed E-state index contributed by atoms with van der Waals surface area (Å²) in [6, 6.07) is 14.4. The zero-order valence-electron chi connectivity index (χ0n) is 16.5.